The molecule has 2 atom stereocenters. The molecule has 0 aliphatic carbocycles. The average Bonchev–Trinajstić information content (AvgIpc) is 2.98. The molecule has 118 valence electrons. The van der Waals surface area contributed by atoms with Gasteiger partial charge in [-0.2, -0.15) is 0 Å². The van der Waals surface area contributed by atoms with E-state index < -0.39 is 0 Å². The Kier molecular flexibility index (Phi) is 6.72. The Balaban J connectivity index is 1.85. The maximum atomic E-state index is 3.65. The third-order valence-corrected chi connectivity index (χ3v) is 4.53. The van der Waals surface area contributed by atoms with E-state index in [1.54, 1.807) is 0 Å². The number of nitrogens with one attached hydrogen (secondary N) is 1. The Morgan fingerprint density at radius 2 is 1.95 bits per heavy atom. The molecular weight excluding hydrogens is 256 g/mol. The molecule has 1 heterocycles. The first-order valence-electron chi connectivity index (χ1n) is 8.66. The van der Waals surface area contributed by atoms with Gasteiger partial charge in [-0.1, -0.05) is 44.2 Å². The molecule has 2 unspecified atom stereocenters. The Labute approximate surface area is 130 Å². The van der Waals surface area contributed by atoms with Crippen molar-refractivity contribution in [3.8, 4) is 0 Å². The van der Waals surface area contributed by atoms with Crippen LogP contribution in [0, 0.1) is 5.92 Å². The standard InChI is InChI=1S/C19H32N2/c1-16(2)14-21(15-19-10-7-13-20-19)17(3)11-12-18-8-5-4-6-9-18/h4-6,8-9,16-17,19-20H,7,10-15H2,1-3H3. The lowest BCUT2D eigenvalue weighted by molar-refractivity contribution is 0.164. The molecule has 1 saturated heterocycles. The average molecular weight is 288 g/mol. The molecule has 21 heavy (non-hydrogen) atoms. The molecule has 2 heteroatoms. The summed E-state index contributed by atoms with van der Waals surface area (Å²) in [5.41, 5.74) is 1.47. The maximum absolute atomic E-state index is 3.65. The SMILES string of the molecule is CC(C)CN(CC1CCCN1)C(C)CCc1ccccc1. The Morgan fingerprint density at radius 3 is 2.57 bits per heavy atom. The van der Waals surface area contributed by atoms with Crippen LogP contribution in [0.25, 0.3) is 0 Å². The van der Waals surface area contributed by atoms with Gasteiger partial charge in [0.25, 0.3) is 0 Å². The van der Waals surface area contributed by atoms with Crippen molar-refractivity contribution in [1.82, 2.24) is 10.2 Å². The topological polar surface area (TPSA) is 15.3 Å². The van der Waals surface area contributed by atoms with Gasteiger partial charge >= 0.3 is 0 Å². The monoisotopic (exact) mass is 288 g/mol. The Morgan fingerprint density at radius 1 is 1.19 bits per heavy atom. The van der Waals surface area contributed by atoms with E-state index in [0.29, 0.717) is 12.1 Å². The van der Waals surface area contributed by atoms with Crippen LogP contribution >= 0.6 is 0 Å². The summed E-state index contributed by atoms with van der Waals surface area (Å²) in [6.07, 6.45) is 5.14. The van der Waals surface area contributed by atoms with Crippen molar-refractivity contribution >= 4 is 0 Å². The van der Waals surface area contributed by atoms with Crippen LogP contribution in [0.5, 0.6) is 0 Å². The van der Waals surface area contributed by atoms with E-state index in [2.05, 4.69) is 61.3 Å². The molecule has 0 saturated carbocycles. The van der Waals surface area contributed by atoms with Gasteiger partial charge in [0.05, 0.1) is 0 Å². The van der Waals surface area contributed by atoms with Crippen molar-refractivity contribution in [2.45, 2.75) is 58.5 Å². The van der Waals surface area contributed by atoms with Crippen molar-refractivity contribution in [2.24, 2.45) is 5.92 Å². The van der Waals surface area contributed by atoms with E-state index >= 15 is 0 Å². The van der Waals surface area contributed by atoms with Gasteiger partial charge in [0.2, 0.25) is 0 Å². The lowest BCUT2D eigenvalue weighted by atomic mass is 10.0. The fourth-order valence-corrected chi connectivity index (χ4v) is 3.30. The third kappa shape index (κ3) is 5.80. The lowest BCUT2D eigenvalue weighted by Gasteiger charge is -2.33. The lowest BCUT2D eigenvalue weighted by Crippen LogP contribution is -2.44. The summed E-state index contributed by atoms with van der Waals surface area (Å²) in [6.45, 7) is 10.7. The van der Waals surface area contributed by atoms with Gasteiger partial charge in [-0.25, -0.2) is 0 Å². The molecule has 1 aliphatic heterocycles. The zero-order valence-corrected chi connectivity index (χ0v) is 14.0. The fourth-order valence-electron chi connectivity index (χ4n) is 3.30. The molecule has 1 aliphatic rings. The van der Waals surface area contributed by atoms with Gasteiger partial charge < -0.3 is 5.32 Å². The zero-order valence-electron chi connectivity index (χ0n) is 14.0. The molecule has 0 aromatic heterocycles. The van der Waals surface area contributed by atoms with Crippen molar-refractivity contribution in [2.75, 3.05) is 19.6 Å². The number of nitrogens with zero attached hydrogens (tertiary/aromatic N) is 1. The summed E-state index contributed by atoms with van der Waals surface area (Å²) in [7, 11) is 0. The maximum Gasteiger partial charge on any atom is 0.0195 e. The molecule has 1 fully saturated rings. The first-order chi connectivity index (χ1) is 10.1. The van der Waals surface area contributed by atoms with Crippen LogP contribution < -0.4 is 5.32 Å². The second kappa shape index (κ2) is 8.55. The summed E-state index contributed by atoms with van der Waals surface area (Å²) >= 11 is 0. The summed E-state index contributed by atoms with van der Waals surface area (Å²) < 4.78 is 0. The summed E-state index contributed by atoms with van der Waals surface area (Å²) in [5, 5.41) is 3.65. The molecule has 1 N–H and O–H groups in total. The third-order valence-electron chi connectivity index (χ3n) is 4.53. The first kappa shape index (κ1) is 16.5. The van der Waals surface area contributed by atoms with Gasteiger partial charge in [-0.05, 0) is 50.6 Å². The molecule has 0 amide bonds. The van der Waals surface area contributed by atoms with Crippen molar-refractivity contribution < 1.29 is 0 Å². The smallest absolute Gasteiger partial charge is 0.0195 e. The predicted molar refractivity (Wildman–Crippen MR) is 91.7 cm³/mol. The number of benzene rings is 1. The molecule has 0 radical (unpaired) electrons. The second-order valence-corrected chi connectivity index (χ2v) is 7.01. The van der Waals surface area contributed by atoms with E-state index in [-0.39, 0.29) is 0 Å². The van der Waals surface area contributed by atoms with E-state index in [1.165, 1.54) is 50.9 Å². The van der Waals surface area contributed by atoms with Crippen LogP contribution in [0.3, 0.4) is 0 Å². The minimum Gasteiger partial charge on any atom is -0.313 e. The van der Waals surface area contributed by atoms with Crippen molar-refractivity contribution in [3.05, 3.63) is 35.9 Å². The first-order valence-corrected chi connectivity index (χ1v) is 8.66. The van der Waals surface area contributed by atoms with Crippen molar-refractivity contribution in [3.63, 3.8) is 0 Å². The zero-order chi connectivity index (χ0) is 15.1. The normalized spacial score (nSPS) is 20.3. The van der Waals surface area contributed by atoms with Gasteiger partial charge in [0.15, 0.2) is 0 Å². The van der Waals surface area contributed by atoms with Crippen molar-refractivity contribution in [1.29, 1.82) is 0 Å². The highest BCUT2D eigenvalue weighted by atomic mass is 15.2. The summed E-state index contributed by atoms with van der Waals surface area (Å²) in [4.78, 5) is 2.70. The minimum atomic E-state index is 0.662. The quantitative estimate of drug-likeness (QED) is 0.784. The van der Waals surface area contributed by atoms with Gasteiger partial charge in [-0.3, -0.25) is 4.90 Å². The van der Waals surface area contributed by atoms with E-state index in [4.69, 9.17) is 0 Å². The van der Waals surface area contributed by atoms with Crippen LogP contribution in [0.4, 0.5) is 0 Å². The molecular formula is C19H32N2. The van der Waals surface area contributed by atoms with Crippen LogP contribution in [-0.2, 0) is 6.42 Å². The molecule has 0 spiro atoms. The second-order valence-electron chi connectivity index (χ2n) is 7.01. The predicted octanol–water partition coefficient (Wildman–Crippen LogP) is 3.72. The van der Waals surface area contributed by atoms with Gasteiger partial charge in [-0.15, -0.1) is 0 Å². The highest BCUT2D eigenvalue weighted by molar-refractivity contribution is 5.14. The van der Waals surface area contributed by atoms with Gasteiger partial charge in [0, 0.05) is 25.2 Å². The Hall–Kier alpha value is -0.860. The molecule has 1 aromatic rings. The fraction of sp³-hybridized carbons (Fsp3) is 0.684. The number of hydrogen-bond acceptors (Lipinski definition) is 2. The summed E-state index contributed by atoms with van der Waals surface area (Å²) in [5.74, 6) is 0.741. The molecule has 0 bridgehead atoms. The van der Waals surface area contributed by atoms with Crippen LogP contribution in [0.1, 0.15) is 45.6 Å². The van der Waals surface area contributed by atoms with Crippen LogP contribution in [0.2, 0.25) is 0 Å². The number of rotatable bonds is 8. The number of hydrogen-bond donors (Lipinski definition) is 1. The largest absolute Gasteiger partial charge is 0.313 e. The van der Waals surface area contributed by atoms with E-state index in [9.17, 15) is 0 Å². The minimum absolute atomic E-state index is 0.662. The van der Waals surface area contributed by atoms with Crippen LogP contribution in [-0.4, -0.2) is 36.6 Å². The van der Waals surface area contributed by atoms with E-state index in [0.717, 1.165) is 5.92 Å². The molecule has 2 rings (SSSR count). The summed E-state index contributed by atoms with van der Waals surface area (Å²) in [6, 6.07) is 12.3. The Bertz CT molecular complexity index is 382. The number of aryl methyl sites for hydroxylation is 1. The molecule has 1 aromatic carbocycles. The van der Waals surface area contributed by atoms with Gasteiger partial charge in [0.1, 0.15) is 0 Å². The van der Waals surface area contributed by atoms with Crippen LogP contribution in [0.15, 0.2) is 30.3 Å². The highest BCUT2D eigenvalue weighted by Gasteiger charge is 2.21. The molecule has 2 nitrogen and oxygen atoms in total. The van der Waals surface area contributed by atoms with E-state index in [1.807, 2.05) is 0 Å². The highest BCUT2D eigenvalue weighted by Crippen LogP contribution is 2.15.